The van der Waals surface area contributed by atoms with E-state index in [4.69, 9.17) is 0 Å². The molecule has 0 unspecified atom stereocenters. The second kappa shape index (κ2) is 5.52. The fourth-order valence-electron chi connectivity index (χ4n) is 2.52. The summed E-state index contributed by atoms with van der Waals surface area (Å²) in [5, 5.41) is 13.3. The minimum absolute atomic E-state index is 0.171. The van der Waals surface area contributed by atoms with Crippen LogP contribution in [0.4, 0.5) is 0 Å². The zero-order chi connectivity index (χ0) is 14.8. The lowest BCUT2D eigenvalue weighted by Crippen LogP contribution is -2.46. The van der Waals surface area contributed by atoms with Crippen molar-refractivity contribution in [3.8, 4) is 0 Å². The molecule has 110 valence electrons. The minimum Gasteiger partial charge on any atom is -0.388 e. The summed E-state index contributed by atoms with van der Waals surface area (Å²) < 4.78 is 0. The SMILES string of the molecule is Cc1ccc(C(=O)NCC2(O)CCC(C)(C)CC2)cn1. The highest BCUT2D eigenvalue weighted by Gasteiger charge is 2.36. The van der Waals surface area contributed by atoms with E-state index in [9.17, 15) is 9.90 Å². The molecule has 0 spiro atoms. The van der Waals surface area contributed by atoms with Crippen molar-refractivity contribution in [2.75, 3.05) is 6.54 Å². The zero-order valence-electron chi connectivity index (χ0n) is 12.6. The van der Waals surface area contributed by atoms with Crippen LogP contribution in [0.2, 0.25) is 0 Å². The van der Waals surface area contributed by atoms with Crippen molar-refractivity contribution in [2.24, 2.45) is 5.41 Å². The van der Waals surface area contributed by atoms with Crippen LogP contribution in [0.1, 0.15) is 55.6 Å². The highest BCUT2D eigenvalue weighted by atomic mass is 16.3. The second-order valence-electron chi connectivity index (χ2n) is 6.76. The van der Waals surface area contributed by atoms with E-state index in [1.54, 1.807) is 12.3 Å². The third-order valence-corrected chi connectivity index (χ3v) is 4.29. The molecule has 1 heterocycles. The molecule has 0 radical (unpaired) electrons. The third kappa shape index (κ3) is 3.79. The quantitative estimate of drug-likeness (QED) is 0.891. The Morgan fingerprint density at radius 2 is 1.95 bits per heavy atom. The Morgan fingerprint density at radius 3 is 2.50 bits per heavy atom. The van der Waals surface area contributed by atoms with E-state index in [0.717, 1.165) is 31.4 Å². The van der Waals surface area contributed by atoms with Gasteiger partial charge in [0.05, 0.1) is 11.2 Å². The number of hydrogen-bond donors (Lipinski definition) is 2. The molecule has 1 aromatic rings. The molecule has 2 N–H and O–H groups in total. The van der Waals surface area contributed by atoms with E-state index in [-0.39, 0.29) is 5.91 Å². The Hall–Kier alpha value is -1.42. The largest absolute Gasteiger partial charge is 0.388 e. The number of carbonyl (C=O) groups is 1. The van der Waals surface area contributed by atoms with Gasteiger partial charge in [0.1, 0.15) is 0 Å². The Morgan fingerprint density at radius 1 is 1.30 bits per heavy atom. The first-order valence-electron chi connectivity index (χ1n) is 7.23. The van der Waals surface area contributed by atoms with Gasteiger partial charge in [-0.05, 0) is 50.2 Å². The Bertz CT molecular complexity index is 470. The number of nitrogens with zero attached hydrogens (tertiary/aromatic N) is 1. The smallest absolute Gasteiger partial charge is 0.252 e. The van der Waals surface area contributed by atoms with Crippen molar-refractivity contribution < 1.29 is 9.90 Å². The number of aryl methyl sites for hydroxylation is 1. The Kier molecular flexibility index (Phi) is 4.14. The summed E-state index contributed by atoms with van der Waals surface area (Å²) in [6, 6.07) is 3.57. The Labute approximate surface area is 120 Å². The van der Waals surface area contributed by atoms with Crippen molar-refractivity contribution in [3.63, 3.8) is 0 Å². The first-order chi connectivity index (χ1) is 9.30. The summed E-state index contributed by atoms with van der Waals surface area (Å²) in [5.41, 5.74) is 0.963. The fourth-order valence-corrected chi connectivity index (χ4v) is 2.52. The van der Waals surface area contributed by atoms with Crippen molar-refractivity contribution in [1.82, 2.24) is 10.3 Å². The Balaban J connectivity index is 1.89. The molecule has 0 atom stereocenters. The molecule has 1 aliphatic rings. The number of amides is 1. The maximum absolute atomic E-state index is 12.0. The van der Waals surface area contributed by atoms with E-state index in [2.05, 4.69) is 24.1 Å². The van der Waals surface area contributed by atoms with Crippen LogP contribution >= 0.6 is 0 Å². The summed E-state index contributed by atoms with van der Waals surface area (Å²) in [6.07, 6.45) is 5.04. The first-order valence-corrected chi connectivity index (χ1v) is 7.23. The highest BCUT2D eigenvalue weighted by Crippen LogP contribution is 2.39. The minimum atomic E-state index is -0.761. The van der Waals surface area contributed by atoms with E-state index in [0.29, 0.717) is 17.5 Å². The lowest BCUT2D eigenvalue weighted by molar-refractivity contribution is -0.0233. The standard InChI is InChI=1S/C16H24N2O2/c1-12-4-5-13(10-17-12)14(19)18-11-16(20)8-6-15(2,3)7-9-16/h4-5,10,20H,6-9,11H2,1-3H3,(H,18,19). The molecule has 1 aromatic heterocycles. The summed E-state index contributed by atoms with van der Waals surface area (Å²) in [7, 11) is 0. The molecule has 4 heteroatoms. The zero-order valence-corrected chi connectivity index (χ0v) is 12.6. The maximum Gasteiger partial charge on any atom is 0.252 e. The average Bonchev–Trinajstić information content (AvgIpc) is 2.41. The molecule has 4 nitrogen and oxygen atoms in total. The lowest BCUT2D eigenvalue weighted by atomic mass is 9.71. The van der Waals surface area contributed by atoms with Gasteiger partial charge in [0.25, 0.3) is 5.91 Å². The van der Waals surface area contributed by atoms with E-state index in [1.165, 1.54) is 0 Å². The molecule has 1 saturated carbocycles. The van der Waals surface area contributed by atoms with Crippen LogP contribution in [0, 0.1) is 12.3 Å². The van der Waals surface area contributed by atoms with Crippen molar-refractivity contribution >= 4 is 5.91 Å². The number of hydrogen-bond acceptors (Lipinski definition) is 3. The van der Waals surface area contributed by atoms with Crippen molar-refractivity contribution in [1.29, 1.82) is 0 Å². The average molecular weight is 276 g/mol. The molecule has 0 saturated heterocycles. The summed E-state index contributed by atoms with van der Waals surface area (Å²) in [4.78, 5) is 16.1. The van der Waals surface area contributed by atoms with Gasteiger partial charge in [-0.3, -0.25) is 9.78 Å². The summed E-state index contributed by atoms with van der Waals surface area (Å²) in [5.74, 6) is -0.171. The van der Waals surface area contributed by atoms with E-state index in [1.807, 2.05) is 13.0 Å². The molecular weight excluding hydrogens is 252 g/mol. The molecular formula is C16H24N2O2. The van der Waals surface area contributed by atoms with Gasteiger partial charge in [-0.1, -0.05) is 13.8 Å². The molecule has 1 amide bonds. The van der Waals surface area contributed by atoms with Crippen molar-refractivity contribution in [2.45, 2.75) is 52.1 Å². The predicted molar refractivity (Wildman–Crippen MR) is 78.5 cm³/mol. The number of nitrogens with one attached hydrogen (secondary N) is 1. The van der Waals surface area contributed by atoms with Crippen molar-refractivity contribution in [3.05, 3.63) is 29.6 Å². The number of aliphatic hydroxyl groups is 1. The van der Waals surface area contributed by atoms with Gasteiger partial charge in [0.2, 0.25) is 0 Å². The predicted octanol–water partition coefficient (Wildman–Crippen LogP) is 2.45. The van der Waals surface area contributed by atoms with Gasteiger partial charge >= 0.3 is 0 Å². The van der Waals surface area contributed by atoms with Crippen LogP contribution in [0.25, 0.3) is 0 Å². The van der Waals surface area contributed by atoms with Gasteiger partial charge in [-0.2, -0.15) is 0 Å². The van der Waals surface area contributed by atoms with Crippen LogP contribution in [0.3, 0.4) is 0 Å². The number of carbonyl (C=O) groups excluding carboxylic acids is 1. The molecule has 1 aliphatic carbocycles. The van der Waals surface area contributed by atoms with Gasteiger partial charge in [-0.25, -0.2) is 0 Å². The fraction of sp³-hybridized carbons (Fsp3) is 0.625. The van der Waals surface area contributed by atoms with Gasteiger partial charge in [-0.15, -0.1) is 0 Å². The normalized spacial score (nSPS) is 20.4. The summed E-state index contributed by atoms with van der Waals surface area (Å²) in [6.45, 7) is 6.65. The maximum atomic E-state index is 12.0. The number of rotatable bonds is 3. The second-order valence-corrected chi connectivity index (χ2v) is 6.76. The van der Waals surface area contributed by atoms with Crippen LogP contribution in [-0.2, 0) is 0 Å². The topological polar surface area (TPSA) is 62.2 Å². The highest BCUT2D eigenvalue weighted by molar-refractivity contribution is 5.93. The molecule has 2 rings (SSSR count). The molecule has 0 aromatic carbocycles. The van der Waals surface area contributed by atoms with Gasteiger partial charge in [0.15, 0.2) is 0 Å². The number of pyridine rings is 1. The first kappa shape index (κ1) is 15.0. The van der Waals surface area contributed by atoms with Crippen LogP contribution < -0.4 is 5.32 Å². The van der Waals surface area contributed by atoms with Crippen LogP contribution in [0.15, 0.2) is 18.3 Å². The van der Waals surface area contributed by atoms with Gasteiger partial charge < -0.3 is 10.4 Å². The molecule has 0 bridgehead atoms. The molecule has 1 fully saturated rings. The van der Waals surface area contributed by atoms with Crippen LogP contribution in [-0.4, -0.2) is 28.1 Å². The van der Waals surface area contributed by atoms with E-state index < -0.39 is 5.60 Å². The monoisotopic (exact) mass is 276 g/mol. The molecule has 20 heavy (non-hydrogen) atoms. The van der Waals surface area contributed by atoms with Crippen LogP contribution in [0.5, 0.6) is 0 Å². The lowest BCUT2D eigenvalue weighted by Gasteiger charge is -2.40. The summed E-state index contributed by atoms with van der Waals surface area (Å²) >= 11 is 0. The van der Waals surface area contributed by atoms with Gasteiger partial charge in [0, 0.05) is 18.4 Å². The third-order valence-electron chi connectivity index (χ3n) is 4.29. The van der Waals surface area contributed by atoms with E-state index >= 15 is 0 Å². The number of aromatic nitrogens is 1. The molecule has 0 aliphatic heterocycles.